The Kier molecular flexibility index (Phi) is 4.45. The smallest absolute Gasteiger partial charge is 0.248 e. The molecule has 3 rings (SSSR count). The van der Waals surface area contributed by atoms with E-state index in [0.29, 0.717) is 6.04 Å². The summed E-state index contributed by atoms with van der Waals surface area (Å²) in [5.41, 5.74) is 2.39. The van der Waals surface area contributed by atoms with Crippen LogP contribution in [0.5, 0.6) is 0 Å². The van der Waals surface area contributed by atoms with Crippen molar-refractivity contribution in [1.29, 1.82) is 0 Å². The van der Waals surface area contributed by atoms with Gasteiger partial charge in [0.2, 0.25) is 5.56 Å². The molecule has 1 unspecified atom stereocenters. The second-order valence-corrected chi connectivity index (χ2v) is 6.80. The van der Waals surface area contributed by atoms with E-state index in [9.17, 15) is 9.90 Å². The maximum atomic E-state index is 11.4. The second kappa shape index (κ2) is 6.32. The molecule has 0 aliphatic heterocycles. The van der Waals surface area contributed by atoms with Crippen molar-refractivity contribution < 1.29 is 5.11 Å². The first-order valence-corrected chi connectivity index (χ1v) is 8.29. The number of aliphatic hydroxyl groups is 1. The minimum Gasteiger partial charge on any atom is -0.396 e. The number of aromatic amines is 1. The highest BCUT2D eigenvalue weighted by atomic mass is 16.3. The quantitative estimate of drug-likeness (QED) is 0.797. The van der Waals surface area contributed by atoms with E-state index in [1.165, 1.54) is 24.8 Å². The fraction of sp³-hybridized carbons (Fsp3) is 0.706. The van der Waals surface area contributed by atoms with E-state index >= 15 is 0 Å². The number of aryl methyl sites for hydroxylation is 1. The Balaban J connectivity index is 1.70. The van der Waals surface area contributed by atoms with E-state index in [1.54, 1.807) is 6.07 Å². The van der Waals surface area contributed by atoms with Crippen LogP contribution in [0.4, 0.5) is 0 Å². The van der Waals surface area contributed by atoms with Gasteiger partial charge in [0.25, 0.3) is 0 Å². The van der Waals surface area contributed by atoms with Gasteiger partial charge in [0.1, 0.15) is 0 Å². The third-order valence-corrected chi connectivity index (χ3v) is 5.30. The summed E-state index contributed by atoms with van der Waals surface area (Å²) < 4.78 is 0. The summed E-state index contributed by atoms with van der Waals surface area (Å²) in [6, 6.07) is 3.91. The summed E-state index contributed by atoms with van der Waals surface area (Å²) in [5.74, 6) is 0. The van der Waals surface area contributed by atoms with Crippen molar-refractivity contribution in [3.63, 3.8) is 0 Å². The zero-order chi connectivity index (χ0) is 14.7. The average Bonchev–Trinajstić information content (AvgIpc) is 2.53. The predicted octanol–water partition coefficient (Wildman–Crippen LogP) is 2.28. The Morgan fingerprint density at radius 1 is 1.24 bits per heavy atom. The van der Waals surface area contributed by atoms with Crippen LogP contribution >= 0.6 is 0 Å². The average molecular weight is 290 g/mol. The lowest BCUT2D eigenvalue weighted by Crippen LogP contribution is -2.41. The first kappa shape index (κ1) is 14.8. The van der Waals surface area contributed by atoms with Gasteiger partial charge in [0, 0.05) is 36.4 Å². The Morgan fingerprint density at radius 3 is 2.81 bits per heavy atom. The summed E-state index contributed by atoms with van der Waals surface area (Å²) in [6.45, 7) is 1.16. The molecule has 1 saturated carbocycles. The Labute approximate surface area is 126 Å². The lowest BCUT2D eigenvalue weighted by atomic mass is 9.74. The van der Waals surface area contributed by atoms with Gasteiger partial charge in [-0.3, -0.25) is 4.79 Å². The van der Waals surface area contributed by atoms with E-state index in [4.69, 9.17) is 0 Å². The van der Waals surface area contributed by atoms with E-state index < -0.39 is 0 Å². The molecule has 1 heterocycles. The van der Waals surface area contributed by atoms with E-state index in [0.717, 1.165) is 44.3 Å². The lowest BCUT2D eigenvalue weighted by Gasteiger charge is -2.38. The first-order chi connectivity index (χ1) is 10.2. The zero-order valence-electron chi connectivity index (χ0n) is 12.7. The van der Waals surface area contributed by atoms with Gasteiger partial charge in [-0.1, -0.05) is 25.3 Å². The minimum atomic E-state index is -0.00601. The van der Waals surface area contributed by atoms with Gasteiger partial charge in [-0.15, -0.1) is 0 Å². The zero-order valence-corrected chi connectivity index (χ0v) is 12.7. The summed E-state index contributed by atoms with van der Waals surface area (Å²) in [7, 11) is 0. The number of rotatable bonds is 4. The molecule has 4 heteroatoms. The van der Waals surface area contributed by atoms with Crippen molar-refractivity contribution in [3.8, 4) is 0 Å². The topological polar surface area (TPSA) is 65.1 Å². The summed E-state index contributed by atoms with van der Waals surface area (Å²) >= 11 is 0. The van der Waals surface area contributed by atoms with Crippen molar-refractivity contribution >= 4 is 0 Å². The molecular weight excluding hydrogens is 264 g/mol. The number of aliphatic hydroxyl groups excluding tert-OH is 1. The van der Waals surface area contributed by atoms with Crippen molar-refractivity contribution in [2.75, 3.05) is 13.2 Å². The molecule has 0 saturated heterocycles. The normalized spacial score (nSPS) is 24.5. The molecule has 1 aromatic heterocycles. The van der Waals surface area contributed by atoms with Gasteiger partial charge in [-0.2, -0.15) is 0 Å². The van der Waals surface area contributed by atoms with E-state index in [1.807, 2.05) is 6.07 Å². The van der Waals surface area contributed by atoms with Gasteiger partial charge in [-0.25, -0.2) is 0 Å². The highest BCUT2D eigenvalue weighted by molar-refractivity contribution is 5.26. The van der Waals surface area contributed by atoms with Crippen LogP contribution in [0.15, 0.2) is 16.9 Å². The molecule has 1 aromatic rings. The van der Waals surface area contributed by atoms with Crippen LogP contribution in [-0.2, 0) is 6.42 Å². The van der Waals surface area contributed by atoms with Gasteiger partial charge < -0.3 is 15.4 Å². The number of aromatic nitrogens is 1. The largest absolute Gasteiger partial charge is 0.396 e. The molecule has 0 aromatic carbocycles. The summed E-state index contributed by atoms with van der Waals surface area (Å²) in [6.07, 6.45) is 9.21. The molecule has 0 radical (unpaired) electrons. The fourth-order valence-corrected chi connectivity index (χ4v) is 3.94. The molecule has 0 spiro atoms. The van der Waals surface area contributed by atoms with Crippen molar-refractivity contribution in [3.05, 3.63) is 33.7 Å². The van der Waals surface area contributed by atoms with Crippen LogP contribution in [0.1, 0.15) is 62.2 Å². The van der Waals surface area contributed by atoms with Crippen molar-refractivity contribution in [2.24, 2.45) is 5.41 Å². The number of pyridine rings is 1. The third kappa shape index (κ3) is 3.22. The fourth-order valence-electron chi connectivity index (χ4n) is 3.94. The Morgan fingerprint density at radius 2 is 2.05 bits per heavy atom. The molecule has 0 amide bonds. The minimum absolute atomic E-state index is 0.00601. The highest BCUT2D eigenvalue weighted by Crippen LogP contribution is 2.36. The molecule has 4 nitrogen and oxygen atoms in total. The molecule has 0 bridgehead atoms. The van der Waals surface area contributed by atoms with Crippen LogP contribution in [0.3, 0.4) is 0 Å². The predicted molar refractivity (Wildman–Crippen MR) is 83.3 cm³/mol. The molecule has 2 aliphatic rings. The monoisotopic (exact) mass is 290 g/mol. The molecule has 21 heavy (non-hydrogen) atoms. The maximum Gasteiger partial charge on any atom is 0.248 e. The van der Waals surface area contributed by atoms with Crippen LogP contribution in [0.25, 0.3) is 0 Å². The first-order valence-electron chi connectivity index (χ1n) is 8.29. The standard InChI is InChI=1S/C17H26N2O2/c20-12-17(9-2-1-3-10-17)11-18-14-5-4-6-15-13(14)7-8-16(21)19-15/h7-8,14,18,20H,1-6,9-12H2,(H,19,21). The van der Waals surface area contributed by atoms with Gasteiger partial charge in [0.15, 0.2) is 0 Å². The van der Waals surface area contributed by atoms with E-state index in [-0.39, 0.29) is 17.6 Å². The van der Waals surface area contributed by atoms with Crippen LogP contribution < -0.4 is 10.9 Å². The number of fused-ring (bicyclic) bond motifs is 1. The molecule has 2 aliphatic carbocycles. The van der Waals surface area contributed by atoms with Crippen molar-refractivity contribution in [2.45, 2.75) is 57.4 Å². The van der Waals surface area contributed by atoms with Crippen LogP contribution in [0.2, 0.25) is 0 Å². The number of hydrogen-bond donors (Lipinski definition) is 3. The SMILES string of the molecule is O=c1ccc2c([nH]1)CCCC2NCC1(CO)CCCCC1. The molecule has 1 fully saturated rings. The van der Waals surface area contributed by atoms with Crippen LogP contribution in [0, 0.1) is 5.41 Å². The number of nitrogens with one attached hydrogen (secondary N) is 2. The summed E-state index contributed by atoms with van der Waals surface area (Å²) in [4.78, 5) is 14.4. The van der Waals surface area contributed by atoms with Gasteiger partial charge in [0.05, 0.1) is 0 Å². The summed E-state index contributed by atoms with van der Waals surface area (Å²) in [5, 5.41) is 13.5. The lowest BCUT2D eigenvalue weighted by molar-refractivity contribution is 0.0775. The molecular formula is C17H26N2O2. The van der Waals surface area contributed by atoms with Crippen molar-refractivity contribution in [1.82, 2.24) is 10.3 Å². The molecule has 3 N–H and O–H groups in total. The molecule has 1 atom stereocenters. The van der Waals surface area contributed by atoms with Gasteiger partial charge in [-0.05, 0) is 37.7 Å². The highest BCUT2D eigenvalue weighted by Gasteiger charge is 2.32. The maximum absolute atomic E-state index is 11.4. The van der Waals surface area contributed by atoms with Gasteiger partial charge >= 0.3 is 0 Å². The second-order valence-electron chi connectivity index (χ2n) is 6.80. The number of H-pyrrole nitrogens is 1. The van der Waals surface area contributed by atoms with Crippen LogP contribution in [-0.4, -0.2) is 23.2 Å². The number of hydrogen-bond acceptors (Lipinski definition) is 3. The van der Waals surface area contributed by atoms with E-state index in [2.05, 4.69) is 10.3 Å². The molecule has 116 valence electrons. The Bertz CT molecular complexity index is 532. The Hall–Kier alpha value is -1.13. The third-order valence-electron chi connectivity index (χ3n) is 5.30.